The van der Waals surface area contributed by atoms with E-state index < -0.39 is 67.4 Å². The predicted octanol–water partition coefficient (Wildman–Crippen LogP) is -0.275. The lowest BCUT2D eigenvalue weighted by atomic mass is 9.80. The Morgan fingerprint density at radius 1 is 1.11 bits per heavy atom. The van der Waals surface area contributed by atoms with Gasteiger partial charge in [-0.25, -0.2) is 9.59 Å². The summed E-state index contributed by atoms with van der Waals surface area (Å²) in [7, 11) is 1.27. The van der Waals surface area contributed by atoms with E-state index in [2.05, 4.69) is 0 Å². The molecule has 1 aliphatic carbocycles. The first-order valence-electron chi connectivity index (χ1n) is 15.5. The molecule has 6 N–H and O–H groups in total. The van der Waals surface area contributed by atoms with Crippen LogP contribution in [0.4, 0.5) is 0 Å². The van der Waals surface area contributed by atoms with E-state index in [1.54, 1.807) is 31.4 Å². The van der Waals surface area contributed by atoms with Gasteiger partial charge in [0.15, 0.2) is 6.29 Å². The molecule has 13 nitrogen and oxygen atoms in total. The third-order valence-corrected chi connectivity index (χ3v) is 8.54. The highest BCUT2D eigenvalue weighted by molar-refractivity contribution is 5.90. The van der Waals surface area contributed by atoms with Gasteiger partial charge in [0.2, 0.25) is 6.29 Å². The quantitative estimate of drug-likeness (QED) is 0.122. The van der Waals surface area contributed by atoms with E-state index in [0.29, 0.717) is 18.7 Å². The van der Waals surface area contributed by atoms with Gasteiger partial charge in [-0.3, -0.25) is 0 Å². The van der Waals surface area contributed by atoms with E-state index in [1.807, 2.05) is 6.08 Å². The van der Waals surface area contributed by atoms with Crippen molar-refractivity contribution in [2.24, 2.45) is 11.8 Å². The smallest absolute Gasteiger partial charge is 0.341 e. The highest BCUT2D eigenvalue weighted by Gasteiger charge is 2.48. The monoisotopic (exact) mass is 636 g/mol. The minimum absolute atomic E-state index is 0.0951. The first-order valence-corrected chi connectivity index (χ1v) is 15.5. The van der Waals surface area contributed by atoms with E-state index in [4.69, 9.17) is 23.7 Å². The number of allylic oxidation sites excluding steroid dienone is 2. The summed E-state index contributed by atoms with van der Waals surface area (Å²) in [6.07, 6.45) is 7.62. The molecule has 2 fully saturated rings. The molecule has 0 amide bonds. The molecule has 0 radical (unpaired) electrons. The van der Waals surface area contributed by atoms with Crippen LogP contribution in [-0.4, -0.2) is 114 Å². The van der Waals surface area contributed by atoms with Crippen LogP contribution in [0, 0.1) is 11.8 Å². The van der Waals surface area contributed by atoms with E-state index in [1.165, 1.54) is 18.9 Å². The van der Waals surface area contributed by atoms with E-state index in [9.17, 15) is 35.1 Å². The molecule has 1 saturated carbocycles. The molecule has 9 unspecified atom stereocenters. The van der Waals surface area contributed by atoms with Crippen LogP contribution in [0.1, 0.15) is 39.0 Å². The van der Waals surface area contributed by atoms with Gasteiger partial charge in [-0.2, -0.15) is 0 Å². The molecule has 3 heterocycles. The van der Waals surface area contributed by atoms with Crippen molar-refractivity contribution < 1.29 is 63.7 Å². The molecule has 0 bridgehead atoms. The van der Waals surface area contributed by atoms with Crippen molar-refractivity contribution in [1.82, 2.24) is 0 Å². The lowest BCUT2D eigenvalue weighted by Gasteiger charge is -2.44. The number of aliphatic hydroxyl groups excluding tert-OH is 4. The van der Waals surface area contributed by atoms with E-state index in [-0.39, 0.29) is 24.4 Å². The second-order valence-corrected chi connectivity index (χ2v) is 11.6. The molecule has 3 aliphatic heterocycles. The second-order valence-electron chi connectivity index (χ2n) is 11.6. The zero-order valence-corrected chi connectivity index (χ0v) is 25.7. The van der Waals surface area contributed by atoms with Crippen LogP contribution < -0.4 is 4.90 Å². The molecular weight excluding hydrogens is 590 g/mol. The Kier molecular flexibility index (Phi) is 12.9. The van der Waals surface area contributed by atoms with Crippen LogP contribution >= 0.6 is 0 Å². The number of nitrogens with one attached hydrogen (secondary N) is 1. The van der Waals surface area contributed by atoms with Gasteiger partial charge in [-0.1, -0.05) is 30.2 Å². The molecule has 0 aromatic rings. The van der Waals surface area contributed by atoms with Crippen molar-refractivity contribution in [3.8, 4) is 0 Å². The summed E-state index contributed by atoms with van der Waals surface area (Å²) in [6.45, 7) is 1.99. The van der Waals surface area contributed by atoms with Crippen LogP contribution in [0.15, 0.2) is 59.1 Å². The summed E-state index contributed by atoms with van der Waals surface area (Å²) < 4.78 is 29.0. The number of rotatable bonds is 12. The minimum atomic E-state index is -1.41. The number of carboxylic acid groups (broad SMARTS) is 1. The molecule has 9 atom stereocenters. The summed E-state index contributed by atoms with van der Waals surface area (Å²) >= 11 is 0. The fourth-order valence-corrected chi connectivity index (χ4v) is 6.23. The number of carbonyl (C=O) groups is 2. The number of aliphatic hydroxyl groups is 4. The number of hydrogen-bond acceptors (Lipinski definition) is 11. The maximum Gasteiger partial charge on any atom is 0.341 e. The summed E-state index contributed by atoms with van der Waals surface area (Å²) in [5.41, 5.74) is 2.18. The number of carboxylic acids is 1. The van der Waals surface area contributed by atoms with E-state index >= 15 is 0 Å². The Hall–Kier alpha value is -2.88. The Labute approximate surface area is 262 Å². The molecule has 4 aliphatic rings. The average Bonchev–Trinajstić information content (AvgIpc) is 3.04. The Balaban J connectivity index is 1.72. The van der Waals surface area contributed by atoms with Crippen LogP contribution in [0.2, 0.25) is 0 Å². The van der Waals surface area contributed by atoms with Gasteiger partial charge in [0, 0.05) is 18.1 Å². The first-order chi connectivity index (χ1) is 21.7. The van der Waals surface area contributed by atoms with Crippen molar-refractivity contribution in [2.45, 2.75) is 76.0 Å². The Bertz CT molecular complexity index is 1180. The molecule has 0 aromatic heterocycles. The summed E-state index contributed by atoms with van der Waals surface area (Å²) in [6, 6.07) is 0. The lowest BCUT2D eigenvalue weighted by Crippen LogP contribution is -3.08. The molecular formula is C32H46NO12+. The van der Waals surface area contributed by atoms with Crippen molar-refractivity contribution in [1.29, 1.82) is 0 Å². The van der Waals surface area contributed by atoms with Gasteiger partial charge in [0.1, 0.15) is 49.3 Å². The molecule has 0 spiro atoms. The van der Waals surface area contributed by atoms with Crippen LogP contribution in [0.25, 0.3) is 0 Å². The fraction of sp³-hybridized carbons (Fsp3) is 0.625. The maximum atomic E-state index is 13.0. The van der Waals surface area contributed by atoms with Gasteiger partial charge < -0.3 is 54.1 Å². The third-order valence-electron chi connectivity index (χ3n) is 8.54. The van der Waals surface area contributed by atoms with Crippen LogP contribution in [0.3, 0.4) is 0 Å². The lowest BCUT2D eigenvalue weighted by molar-refractivity contribution is -0.842. The van der Waals surface area contributed by atoms with Crippen molar-refractivity contribution in [3.05, 3.63) is 59.1 Å². The van der Waals surface area contributed by atoms with Gasteiger partial charge in [0.25, 0.3) is 0 Å². The number of aliphatic carboxylic acids is 1. The van der Waals surface area contributed by atoms with Crippen molar-refractivity contribution in [2.75, 3.05) is 40.0 Å². The topological polar surface area (TPSA) is 186 Å². The van der Waals surface area contributed by atoms with Gasteiger partial charge >= 0.3 is 11.9 Å². The number of esters is 1. The molecule has 0 aromatic carbocycles. The third kappa shape index (κ3) is 8.69. The number of hydrogen-bond donors (Lipinski definition) is 6. The van der Waals surface area contributed by atoms with Crippen molar-refractivity contribution >= 4 is 11.9 Å². The number of carbonyl (C=O) groups excluding carboxylic acids is 1. The highest BCUT2D eigenvalue weighted by atomic mass is 16.8. The van der Waals surface area contributed by atoms with E-state index in [0.717, 1.165) is 37.0 Å². The fourth-order valence-electron chi connectivity index (χ4n) is 6.23. The van der Waals surface area contributed by atoms with Gasteiger partial charge in [-0.05, 0) is 38.7 Å². The minimum Gasteiger partial charge on any atom is -0.477 e. The summed E-state index contributed by atoms with van der Waals surface area (Å²) in [4.78, 5) is 25.6. The summed E-state index contributed by atoms with van der Waals surface area (Å²) in [5, 5.41) is 50.1. The zero-order valence-electron chi connectivity index (χ0n) is 25.7. The largest absolute Gasteiger partial charge is 0.477 e. The molecule has 4 rings (SSSR count). The molecule has 1 saturated heterocycles. The molecule has 250 valence electrons. The zero-order chi connectivity index (χ0) is 32.5. The highest BCUT2D eigenvalue weighted by Crippen LogP contribution is 2.39. The SMILES string of the molecule is CCOC1C(OC2OC=C(C(=O)OC)C(C=CC3=CC(C(=O)O)=C[NH+](CCO)C3)C2C=C2CCCCC2)OC(CO)C(O)C1O. The van der Waals surface area contributed by atoms with Crippen molar-refractivity contribution in [3.63, 3.8) is 0 Å². The maximum absolute atomic E-state index is 13.0. The Morgan fingerprint density at radius 3 is 2.51 bits per heavy atom. The predicted molar refractivity (Wildman–Crippen MR) is 158 cm³/mol. The molecule has 45 heavy (non-hydrogen) atoms. The molecule has 13 heteroatoms. The summed E-state index contributed by atoms with van der Waals surface area (Å²) in [5.74, 6) is -2.91. The van der Waals surface area contributed by atoms with Gasteiger partial charge in [-0.15, -0.1) is 0 Å². The Morgan fingerprint density at radius 2 is 1.87 bits per heavy atom. The first kappa shape index (κ1) is 35.0. The number of methoxy groups -OCH3 is 1. The standard InChI is InChI=1S/C32H45NO12/c1-3-42-28-27(37)26(36)25(17-35)44-32(28)45-31-23(14-19-7-5-4-6-8-19)22(24(18-43-31)30(40)41-2)10-9-20-13-21(29(38)39)16-33(15-20)11-12-34/h9-10,13-14,16,18,22-23,25-28,31-32,34-37H,3-8,11-12,15,17H2,1-2H3,(H,38,39)/p+1. The number of quaternary nitrogens is 1. The number of ether oxygens (including phenoxy) is 5. The van der Waals surface area contributed by atoms with Crippen LogP contribution in [-0.2, 0) is 33.3 Å². The average molecular weight is 637 g/mol. The second kappa shape index (κ2) is 16.6. The normalized spacial score (nSPS) is 34.0. The van der Waals surface area contributed by atoms with Crippen LogP contribution in [0.5, 0.6) is 0 Å². The van der Waals surface area contributed by atoms with Gasteiger partial charge in [0.05, 0.1) is 38.1 Å².